The fourth-order valence-electron chi connectivity index (χ4n) is 4.72. The third-order valence-electron chi connectivity index (χ3n) is 7.57. The molecule has 0 saturated carbocycles. The molecule has 0 saturated heterocycles. The summed E-state index contributed by atoms with van der Waals surface area (Å²) in [5, 5.41) is 18.2. The zero-order valence-corrected chi connectivity index (χ0v) is 29.6. The minimum Gasteiger partial charge on any atom is -0.462 e. The molecule has 0 heterocycles. The van der Waals surface area contributed by atoms with Crippen molar-refractivity contribution < 1.29 is 47.8 Å². The van der Waals surface area contributed by atoms with Gasteiger partial charge in [0.15, 0.2) is 6.10 Å². The third kappa shape index (κ3) is 31.3. The summed E-state index contributed by atoms with van der Waals surface area (Å²) >= 11 is 0. The third-order valence-corrected chi connectivity index (χ3v) is 8.52. The van der Waals surface area contributed by atoms with Gasteiger partial charge >= 0.3 is 19.8 Å². The van der Waals surface area contributed by atoms with Crippen molar-refractivity contribution in [2.24, 2.45) is 0 Å². The number of aliphatic hydroxyl groups excluding tert-OH is 2. The first kappa shape index (κ1) is 44.7. The number of ether oxygens (including phenoxy) is 2. The monoisotopic (exact) mass is 677 g/mol. The van der Waals surface area contributed by atoms with Gasteiger partial charge in [0.1, 0.15) is 12.7 Å². The Labute approximate surface area is 279 Å². The lowest BCUT2D eigenvalue weighted by atomic mass is 10.0. The van der Waals surface area contributed by atoms with Crippen LogP contribution in [0.3, 0.4) is 0 Å². The molecule has 0 fully saturated rings. The van der Waals surface area contributed by atoms with E-state index in [2.05, 4.69) is 30.5 Å². The van der Waals surface area contributed by atoms with Crippen molar-refractivity contribution in [3.8, 4) is 0 Å². The molecule has 0 aromatic carbocycles. The fraction of sp³-hybridized carbons (Fsp3) is 0.857. The summed E-state index contributed by atoms with van der Waals surface area (Å²) in [5.74, 6) is -0.941. The summed E-state index contributed by atoms with van der Waals surface area (Å²) in [7, 11) is -4.60. The van der Waals surface area contributed by atoms with Gasteiger partial charge in [-0.25, -0.2) is 4.57 Å². The molecule has 0 bridgehead atoms. The van der Waals surface area contributed by atoms with Crippen molar-refractivity contribution in [3.63, 3.8) is 0 Å². The summed E-state index contributed by atoms with van der Waals surface area (Å²) in [5.41, 5.74) is 0. The second-order valence-electron chi connectivity index (χ2n) is 12.1. The van der Waals surface area contributed by atoms with Gasteiger partial charge in [-0.15, -0.1) is 0 Å². The van der Waals surface area contributed by atoms with Crippen molar-refractivity contribution in [1.29, 1.82) is 0 Å². The Balaban J connectivity index is 4.40. The van der Waals surface area contributed by atoms with Crippen molar-refractivity contribution in [3.05, 3.63) is 19.1 Å². The van der Waals surface area contributed by atoms with Crippen molar-refractivity contribution >= 4 is 19.8 Å². The Bertz CT molecular complexity index is 791. The van der Waals surface area contributed by atoms with E-state index in [1.807, 2.05) is 0 Å². The number of phosphoric ester groups is 1. The van der Waals surface area contributed by atoms with E-state index in [4.69, 9.17) is 19.1 Å². The van der Waals surface area contributed by atoms with Crippen LogP contribution in [0.25, 0.3) is 0 Å². The van der Waals surface area contributed by atoms with Gasteiger partial charge in [-0.2, -0.15) is 6.42 Å². The Morgan fingerprint density at radius 2 is 1.17 bits per heavy atom. The zero-order valence-electron chi connectivity index (χ0n) is 28.8. The molecule has 3 atom stereocenters. The van der Waals surface area contributed by atoms with Crippen LogP contribution in [0, 0.1) is 6.92 Å². The number of carbonyl (C=O) groups is 2. The molecule has 0 aliphatic heterocycles. The van der Waals surface area contributed by atoms with Crippen molar-refractivity contribution in [1.82, 2.24) is 0 Å². The Hall–Kier alpha value is -1.29. The normalized spacial score (nSPS) is 14.3. The van der Waals surface area contributed by atoms with E-state index in [-0.39, 0.29) is 19.4 Å². The molecule has 0 aliphatic carbocycles. The largest absolute Gasteiger partial charge is 0.472 e. The summed E-state index contributed by atoms with van der Waals surface area (Å²) in [6, 6.07) is 0. The average molecular weight is 678 g/mol. The van der Waals surface area contributed by atoms with Crippen molar-refractivity contribution in [2.45, 2.75) is 167 Å². The molecule has 1 unspecified atom stereocenters. The maximum absolute atomic E-state index is 12.5. The molecule has 0 rings (SSSR count). The van der Waals surface area contributed by atoms with Crippen LogP contribution in [0.2, 0.25) is 0 Å². The van der Waals surface area contributed by atoms with Crippen LogP contribution in [0.15, 0.2) is 12.2 Å². The second kappa shape index (κ2) is 32.3. The Morgan fingerprint density at radius 1 is 0.696 bits per heavy atom. The van der Waals surface area contributed by atoms with Crippen LogP contribution in [0.4, 0.5) is 0 Å². The maximum Gasteiger partial charge on any atom is 0.472 e. The van der Waals surface area contributed by atoms with Crippen molar-refractivity contribution in [2.75, 3.05) is 26.4 Å². The number of rotatable bonds is 34. The van der Waals surface area contributed by atoms with Gasteiger partial charge in [0.2, 0.25) is 0 Å². The molecule has 0 spiro atoms. The number of phosphoric acid groups is 1. The number of hydrogen-bond acceptors (Lipinski definition) is 9. The fourth-order valence-corrected chi connectivity index (χ4v) is 5.51. The van der Waals surface area contributed by atoms with Gasteiger partial charge in [0, 0.05) is 12.8 Å². The van der Waals surface area contributed by atoms with Gasteiger partial charge in [0.25, 0.3) is 0 Å². The van der Waals surface area contributed by atoms with E-state index in [1.54, 1.807) is 0 Å². The van der Waals surface area contributed by atoms with E-state index in [0.717, 1.165) is 64.2 Å². The molecule has 0 amide bonds. The molecule has 0 aromatic rings. The van der Waals surface area contributed by atoms with Gasteiger partial charge in [0.05, 0.1) is 19.8 Å². The highest BCUT2D eigenvalue weighted by molar-refractivity contribution is 7.47. The lowest BCUT2D eigenvalue weighted by Gasteiger charge is -2.20. The van der Waals surface area contributed by atoms with Gasteiger partial charge < -0.3 is 31.5 Å². The summed E-state index contributed by atoms with van der Waals surface area (Å²) in [6.07, 6.45) is 25.5. The quantitative estimate of drug-likeness (QED) is 0.0200. The molecule has 0 aliphatic rings. The molecule has 11 heteroatoms. The lowest BCUT2D eigenvalue weighted by molar-refractivity contribution is -0.161. The molecular formula is C35H66O10P-. The van der Waals surface area contributed by atoms with Crippen LogP contribution >= 0.6 is 7.82 Å². The number of carbonyl (C=O) groups excluding carboxylic acids is 2. The standard InChI is InChI=1S/C35H66O10P/c1-3-5-7-9-11-13-15-17-19-21-23-25-27-35(39)45-33(31-44-46(40,41)43-29-32(37)28-36)30-42-34(38)26-24-22-20-18-16-14-12-10-8-6-4-2/h10,12,32-33,36-37H,1,3-9,11,13-31H2,2H3,(H,40,41)/q-1/b12-10+/t32-,33-/m1/s1. The first-order valence-electron chi connectivity index (χ1n) is 17.9. The second-order valence-corrected chi connectivity index (χ2v) is 13.6. The van der Waals surface area contributed by atoms with Crippen LogP contribution in [0.1, 0.15) is 155 Å². The molecule has 3 N–H and O–H groups in total. The molecule has 10 nitrogen and oxygen atoms in total. The number of hydrogen-bond donors (Lipinski definition) is 3. The topological polar surface area (TPSA) is 149 Å². The summed E-state index contributed by atoms with van der Waals surface area (Å²) in [4.78, 5) is 34.7. The Kier molecular flexibility index (Phi) is 31.4. The van der Waals surface area contributed by atoms with Crippen LogP contribution < -0.4 is 0 Å². The van der Waals surface area contributed by atoms with Gasteiger partial charge in [-0.3, -0.25) is 18.6 Å². The predicted octanol–water partition coefficient (Wildman–Crippen LogP) is 8.31. The minimum atomic E-state index is -4.60. The number of aliphatic hydroxyl groups is 2. The van der Waals surface area contributed by atoms with Crippen LogP contribution in [-0.2, 0) is 32.7 Å². The molecule has 46 heavy (non-hydrogen) atoms. The lowest BCUT2D eigenvalue weighted by Crippen LogP contribution is -2.29. The zero-order chi connectivity index (χ0) is 34.1. The summed E-state index contributed by atoms with van der Waals surface area (Å²) < 4.78 is 32.5. The number of esters is 2. The van der Waals surface area contributed by atoms with Gasteiger partial charge in [-0.1, -0.05) is 115 Å². The molecule has 0 radical (unpaired) electrons. The van der Waals surface area contributed by atoms with E-state index in [9.17, 15) is 24.2 Å². The number of unbranched alkanes of at least 4 members (excludes halogenated alkanes) is 18. The highest BCUT2D eigenvalue weighted by Crippen LogP contribution is 2.43. The van der Waals surface area contributed by atoms with Gasteiger partial charge in [-0.05, 0) is 32.1 Å². The highest BCUT2D eigenvalue weighted by atomic mass is 31.2. The smallest absolute Gasteiger partial charge is 0.462 e. The van der Waals surface area contributed by atoms with Crippen LogP contribution in [0.5, 0.6) is 0 Å². The van der Waals surface area contributed by atoms with Crippen LogP contribution in [-0.4, -0.2) is 65.7 Å². The molecule has 272 valence electrons. The minimum absolute atomic E-state index is 0.182. The summed E-state index contributed by atoms with van der Waals surface area (Å²) in [6.45, 7) is 3.94. The first-order valence-corrected chi connectivity index (χ1v) is 19.4. The maximum atomic E-state index is 12.5. The van der Waals surface area contributed by atoms with E-state index < -0.39 is 51.8 Å². The average Bonchev–Trinajstić information content (AvgIpc) is 3.04. The molecule has 0 aromatic heterocycles. The SMILES string of the molecule is [CH2-]CCCCCCCCCCCCCC(=O)O[C@H](COC(=O)CCCCCCC/C=C/CCCC)COP(=O)(O)OC[C@H](O)CO. The van der Waals surface area contributed by atoms with E-state index >= 15 is 0 Å². The number of allylic oxidation sites excluding steroid dienone is 2. The predicted molar refractivity (Wildman–Crippen MR) is 182 cm³/mol. The molecular weight excluding hydrogens is 611 g/mol. The first-order chi connectivity index (χ1) is 22.2. The Morgan fingerprint density at radius 3 is 1.72 bits per heavy atom. The van der Waals surface area contributed by atoms with E-state index in [1.165, 1.54) is 57.8 Å². The van der Waals surface area contributed by atoms with E-state index in [0.29, 0.717) is 12.8 Å². The highest BCUT2D eigenvalue weighted by Gasteiger charge is 2.27.